The molecule has 0 fully saturated rings. The van der Waals surface area contributed by atoms with E-state index in [0.29, 0.717) is 15.7 Å². The molecule has 0 aliphatic heterocycles. The first-order valence-electron chi connectivity index (χ1n) is 6.44. The van der Waals surface area contributed by atoms with E-state index in [1.165, 1.54) is 18.4 Å². The predicted molar refractivity (Wildman–Crippen MR) is 93.2 cm³/mol. The molecule has 2 N–H and O–H groups in total. The zero-order valence-corrected chi connectivity index (χ0v) is 14.1. The Morgan fingerprint density at radius 3 is 2.68 bits per heavy atom. The molecule has 2 rings (SSSR count). The Kier molecular flexibility index (Phi) is 5.35. The molecule has 1 aromatic heterocycles. The lowest BCUT2D eigenvalue weighted by molar-refractivity contribution is 0.0602. The second-order valence-corrected chi connectivity index (χ2v) is 6.07. The molecule has 1 heterocycles. The van der Waals surface area contributed by atoms with Crippen molar-refractivity contribution in [2.24, 2.45) is 0 Å². The predicted octanol–water partition coefficient (Wildman–Crippen LogP) is 3.66. The Hall–Kier alpha value is -2.12. The lowest BCUT2D eigenvalue weighted by atomic mass is 10.3. The molecule has 0 saturated carbocycles. The van der Waals surface area contributed by atoms with Gasteiger partial charge < -0.3 is 20.1 Å². The largest absolute Gasteiger partial charge is 0.497 e. The van der Waals surface area contributed by atoms with Crippen molar-refractivity contribution >= 4 is 45.3 Å². The minimum atomic E-state index is -0.393. The number of nitrogens with one attached hydrogen (secondary N) is 2. The van der Waals surface area contributed by atoms with E-state index in [1.807, 2.05) is 31.2 Å². The SMILES string of the molecule is COC(=O)c1cc(C)sc1NC(=S)Nc1cccc(OC)c1. The van der Waals surface area contributed by atoms with Crippen molar-refractivity contribution in [3.05, 3.63) is 40.8 Å². The first-order valence-corrected chi connectivity index (χ1v) is 7.66. The van der Waals surface area contributed by atoms with Crippen molar-refractivity contribution in [2.75, 3.05) is 24.9 Å². The van der Waals surface area contributed by atoms with Crippen LogP contribution in [-0.2, 0) is 4.74 Å². The summed E-state index contributed by atoms with van der Waals surface area (Å²) in [5, 5.41) is 7.13. The van der Waals surface area contributed by atoms with Crippen LogP contribution in [0.2, 0.25) is 0 Å². The van der Waals surface area contributed by atoms with Crippen LogP contribution in [0.1, 0.15) is 15.2 Å². The molecule has 0 bridgehead atoms. The molecule has 0 radical (unpaired) electrons. The van der Waals surface area contributed by atoms with Crippen molar-refractivity contribution in [2.45, 2.75) is 6.92 Å². The topological polar surface area (TPSA) is 59.6 Å². The number of methoxy groups -OCH3 is 2. The molecule has 22 heavy (non-hydrogen) atoms. The number of benzene rings is 1. The molecular formula is C15H16N2O3S2. The van der Waals surface area contributed by atoms with Gasteiger partial charge in [-0.3, -0.25) is 0 Å². The van der Waals surface area contributed by atoms with Crippen molar-refractivity contribution in [1.82, 2.24) is 0 Å². The number of hydrogen-bond donors (Lipinski definition) is 2. The second-order valence-electron chi connectivity index (χ2n) is 4.40. The average molecular weight is 336 g/mol. The zero-order chi connectivity index (χ0) is 16.1. The number of carbonyl (C=O) groups excluding carboxylic acids is 1. The highest BCUT2D eigenvalue weighted by Gasteiger charge is 2.16. The third kappa shape index (κ3) is 3.96. The molecule has 0 atom stereocenters. The molecular weight excluding hydrogens is 320 g/mol. The van der Waals surface area contributed by atoms with Gasteiger partial charge in [-0.2, -0.15) is 0 Å². The summed E-state index contributed by atoms with van der Waals surface area (Å²) in [7, 11) is 2.96. The molecule has 0 aliphatic rings. The van der Waals surface area contributed by atoms with Crippen molar-refractivity contribution in [3.63, 3.8) is 0 Å². The maximum atomic E-state index is 11.7. The Balaban J connectivity index is 2.10. The summed E-state index contributed by atoms with van der Waals surface area (Å²) in [6, 6.07) is 9.18. The van der Waals surface area contributed by atoms with Crippen LogP contribution < -0.4 is 15.4 Å². The highest BCUT2D eigenvalue weighted by Crippen LogP contribution is 2.28. The number of ether oxygens (including phenoxy) is 2. The number of thiocarbonyl (C=S) groups is 1. The van der Waals surface area contributed by atoms with Gasteiger partial charge in [0.2, 0.25) is 0 Å². The van der Waals surface area contributed by atoms with E-state index in [2.05, 4.69) is 10.6 Å². The Bertz CT molecular complexity index is 698. The smallest absolute Gasteiger partial charge is 0.340 e. The third-order valence-corrected chi connectivity index (χ3v) is 3.99. The lowest BCUT2D eigenvalue weighted by Crippen LogP contribution is -2.19. The van der Waals surface area contributed by atoms with Gasteiger partial charge in [0.05, 0.1) is 19.8 Å². The molecule has 1 aromatic carbocycles. The van der Waals surface area contributed by atoms with E-state index in [-0.39, 0.29) is 0 Å². The molecule has 5 nitrogen and oxygen atoms in total. The van der Waals surface area contributed by atoms with Crippen LogP contribution in [0.4, 0.5) is 10.7 Å². The van der Waals surface area contributed by atoms with Gasteiger partial charge in [0.1, 0.15) is 10.8 Å². The van der Waals surface area contributed by atoms with E-state index in [9.17, 15) is 4.79 Å². The second kappa shape index (κ2) is 7.24. The number of hydrogen-bond acceptors (Lipinski definition) is 5. The van der Waals surface area contributed by atoms with Crippen LogP contribution in [0.3, 0.4) is 0 Å². The summed E-state index contributed by atoms with van der Waals surface area (Å²) in [5.41, 5.74) is 1.27. The van der Waals surface area contributed by atoms with Crippen molar-refractivity contribution in [3.8, 4) is 5.75 Å². The van der Waals surface area contributed by atoms with E-state index in [4.69, 9.17) is 21.7 Å². The Morgan fingerprint density at radius 2 is 2.00 bits per heavy atom. The lowest BCUT2D eigenvalue weighted by Gasteiger charge is -2.11. The third-order valence-electron chi connectivity index (χ3n) is 2.82. The maximum absolute atomic E-state index is 11.7. The first kappa shape index (κ1) is 16.3. The summed E-state index contributed by atoms with van der Waals surface area (Å²) < 4.78 is 9.93. The molecule has 0 unspecified atom stereocenters. The number of rotatable bonds is 4. The Labute approximate surface area is 138 Å². The van der Waals surface area contributed by atoms with Crippen LogP contribution in [0.25, 0.3) is 0 Å². The standard InChI is InChI=1S/C15H16N2O3S2/c1-9-7-12(14(18)20-3)13(22-9)17-15(21)16-10-5-4-6-11(8-10)19-2/h4-8H,1-3H3,(H2,16,17,21). The normalized spacial score (nSPS) is 9.95. The van der Waals surface area contributed by atoms with Gasteiger partial charge in [-0.25, -0.2) is 4.79 Å². The molecule has 116 valence electrons. The average Bonchev–Trinajstić information content (AvgIpc) is 2.87. The summed E-state index contributed by atoms with van der Waals surface area (Å²) >= 11 is 6.72. The zero-order valence-electron chi connectivity index (χ0n) is 12.4. The highest BCUT2D eigenvalue weighted by molar-refractivity contribution is 7.80. The molecule has 0 saturated heterocycles. The van der Waals surface area contributed by atoms with E-state index < -0.39 is 5.97 Å². The fourth-order valence-corrected chi connectivity index (χ4v) is 3.02. The highest BCUT2D eigenvalue weighted by atomic mass is 32.1. The van der Waals surface area contributed by atoms with Gasteiger partial charge in [-0.15, -0.1) is 11.3 Å². The first-order chi connectivity index (χ1) is 10.5. The summed E-state index contributed by atoms with van der Waals surface area (Å²) in [6.07, 6.45) is 0. The van der Waals surface area contributed by atoms with Gasteiger partial charge in [-0.1, -0.05) is 6.07 Å². The van der Waals surface area contributed by atoms with E-state index in [1.54, 1.807) is 13.2 Å². The number of carbonyl (C=O) groups is 1. The van der Waals surface area contributed by atoms with Gasteiger partial charge in [-0.05, 0) is 37.3 Å². The van der Waals surface area contributed by atoms with Gasteiger partial charge in [0.15, 0.2) is 5.11 Å². The maximum Gasteiger partial charge on any atom is 0.340 e. The quantitative estimate of drug-likeness (QED) is 0.656. The van der Waals surface area contributed by atoms with Crippen LogP contribution in [0.5, 0.6) is 5.75 Å². The molecule has 0 spiro atoms. The number of aryl methyl sites for hydroxylation is 1. The minimum Gasteiger partial charge on any atom is -0.497 e. The Morgan fingerprint density at radius 1 is 1.23 bits per heavy atom. The monoisotopic (exact) mass is 336 g/mol. The van der Waals surface area contributed by atoms with Crippen molar-refractivity contribution < 1.29 is 14.3 Å². The van der Waals surface area contributed by atoms with Gasteiger partial charge in [0, 0.05) is 16.6 Å². The summed E-state index contributed by atoms with van der Waals surface area (Å²) in [5.74, 6) is 0.339. The van der Waals surface area contributed by atoms with E-state index in [0.717, 1.165) is 16.3 Å². The van der Waals surface area contributed by atoms with E-state index >= 15 is 0 Å². The van der Waals surface area contributed by atoms with Crippen LogP contribution in [0, 0.1) is 6.92 Å². The van der Waals surface area contributed by atoms with Crippen LogP contribution >= 0.6 is 23.6 Å². The number of esters is 1. The number of thiophene rings is 1. The molecule has 7 heteroatoms. The van der Waals surface area contributed by atoms with Crippen molar-refractivity contribution in [1.29, 1.82) is 0 Å². The van der Waals surface area contributed by atoms with Gasteiger partial charge in [0.25, 0.3) is 0 Å². The summed E-state index contributed by atoms with van der Waals surface area (Å²) in [6.45, 7) is 1.92. The minimum absolute atomic E-state index is 0.389. The van der Waals surface area contributed by atoms with Gasteiger partial charge >= 0.3 is 5.97 Å². The fourth-order valence-electron chi connectivity index (χ4n) is 1.83. The molecule has 2 aromatic rings. The summed E-state index contributed by atoms with van der Waals surface area (Å²) in [4.78, 5) is 12.7. The van der Waals surface area contributed by atoms with Crippen LogP contribution in [-0.4, -0.2) is 25.3 Å². The fraction of sp³-hybridized carbons (Fsp3) is 0.200. The van der Waals surface area contributed by atoms with Crippen LogP contribution in [0.15, 0.2) is 30.3 Å². The number of anilines is 2. The molecule has 0 aliphatic carbocycles. The molecule has 0 amide bonds.